The monoisotopic (exact) mass is 389 g/mol. The SMILES string of the molecule is CN=C(NCc1cc(Cl)c(Cl)n1C)NCC(C(C)C)N1CCOCC1. The van der Waals surface area contributed by atoms with Gasteiger partial charge in [0.2, 0.25) is 0 Å². The molecule has 0 spiro atoms. The van der Waals surface area contributed by atoms with E-state index in [4.69, 9.17) is 27.9 Å². The van der Waals surface area contributed by atoms with Gasteiger partial charge in [-0.05, 0) is 12.0 Å². The van der Waals surface area contributed by atoms with Crippen molar-refractivity contribution in [3.63, 3.8) is 0 Å². The van der Waals surface area contributed by atoms with E-state index in [2.05, 4.69) is 34.4 Å². The number of rotatable bonds is 6. The van der Waals surface area contributed by atoms with E-state index >= 15 is 0 Å². The summed E-state index contributed by atoms with van der Waals surface area (Å²) < 4.78 is 7.33. The maximum Gasteiger partial charge on any atom is 0.191 e. The van der Waals surface area contributed by atoms with Gasteiger partial charge in [0.15, 0.2) is 5.96 Å². The van der Waals surface area contributed by atoms with E-state index in [1.165, 1.54) is 0 Å². The molecule has 1 aromatic heterocycles. The van der Waals surface area contributed by atoms with Crippen LogP contribution in [0.5, 0.6) is 0 Å². The summed E-state index contributed by atoms with van der Waals surface area (Å²) in [6.07, 6.45) is 0. The summed E-state index contributed by atoms with van der Waals surface area (Å²) in [4.78, 5) is 6.81. The van der Waals surface area contributed by atoms with Gasteiger partial charge in [0, 0.05) is 45.5 Å². The van der Waals surface area contributed by atoms with Gasteiger partial charge < -0.3 is 19.9 Å². The second kappa shape index (κ2) is 9.67. The lowest BCUT2D eigenvalue weighted by Crippen LogP contribution is -2.52. The molecule has 2 rings (SSSR count). The topological polar surface area (TPSA) is 53.8 Å². The Morgan fingerprint density at radius 1 is 1.28 bits per heavy atom. The van der Waals surface area contributed by atoms with Gasteiger partial charge in [0.25, 0.3) is 0 Å². The minimum Gasteiger partial charge on any atom is -0.379 e. The number of halogens is 2. The molecule has 2 heterocycles. The lowest BCUT2D eigenvalue weighted by Gasteiger charge is -2.37. The minimum absolute atomic E-state index is 0.446. The van der Waals surface area contributed by atoms with Crippen molar-refractivity contribution in [1.29, 1.82) is 0 Å². The van der Waals surface area contributed by atoms with E-state index < -0.39 is 0 Å². The summed E-state index contributed by atoms with van der Waals surface area (Å²) in [6, 6.07) is 2.32. The molecule has 1 atom stereocenters. The van der Waals surface area contributed by atoms with Crippen LogP contribution in [0, 0.1) is 5.92 Å². The van der Waals surface area contributed by atoms with Crippen LogP contribution in [0.15, 0.2) is 11.1 Å². The van der Waals surface area contributed by atoms with Crippen molar-refractivity contribution in [2.24, 2.45) is 18.0 Å². The fourth-order valence-electron chi connectivity index (χ4n) is 3.05. The number of aliphatic imine (C=N–C) groups is 1. The quantitative estimate of drug-likeness (QED) is 0.579. The molecule has 0 aliphatic carbocycles. The Bertz CT molecular complexity index is 582. The van der Waals surface area contributed by atoms with E-state index in [-0.39, 0.29) is 0 Å². The van der Waals surface area contributed by atoms with Crippen LogP contribution in [-0.4, -0.2) is 61.4 Å². The fraction of sp³-hybridized carbons (Fsp3) is 0.706. The molecule has 0 saturated carbocycles. The van der Waals surface area contributed by atoms with Crippen molar-refractivity contribution in [2.75, 3.05) is 39.9 Å². The van der Waals surface area contributed by atoms with Crippen LogP contribution in [0.3, 0.4) is 0 Å². The molecule has 1 aromatic rings. The molecule has 1 aliphatic rings. The molecule has 6 nitrogen and oxygen atoms in total. The number of aromatic nitrogens is 1. The highest BCUT2D eigenvalue weighted by Gasteiger charge is 2.23. The average molecular weight is 390 g/mol. The first kappa shape index (κ1) is 20.4. The smallest absolute Gasteiger partial charge is 0.191 e. The lowest BCUT2D eigenvalue weighted by molar-refractivity contribution is 0.00752. The van der Waals surface area contributed by atoms with Crippen LogP contribution in [0.2, 0.25) is 10.2 Å². The number of nitrogens with one attached hydrogen (secondary N) is 2. The Labute approximate surface area is 160 Å². The van der Waals surface area contributed by atoms with Crippen LogP contribution in [0.4, 0.5) is 0 Å². The molecule has 0 bridgehead atoms. The molecule has 1 unspecified atom stereocenters. The highest BCUT2D eigenvalue weighted by Crippen LogP contribution is 2.24. The zero-order chi connectivity index (χ0) is 18.4. The Kier molecular flexibility index (Phi) is 7.87. The first-order valence-electron chi connectivity index (χ1n) is 8.70. The Balaban J connectivity index is 1.88. The third-order valence-corrected chi connectivity index (χ3v) is 5.48. The van der Waals surface area contributed by atoms with Crippen LogP contribution in [0.1, 0.15) is 19.5 Å². The standard InChI is InChI=1S/C17H29Cl2N5O/c1-12(2)15(24-5-7-25-8-6-24)11-22-17(20-3)21-10-13-9-14(18)16(19)23(13)4/h9,12,15H,5-8,10-11H2,1-4H3,(H2,20,21,22). The molecular formula is C17H29Cl2N5O. The second-order valence-corrected chi connectivity index (χ2v) is 7.37. The third-order valence-electron chi connectivity index (χ3n) is 4.64. The molecule has 0 radical (unpaired) electrons. The van der Waals surface area contributed by atoms with Gasteiger partial charge in [-0.2, -0.15) is 0 Å². The van der Waals surface area contributed by atoms with Crippen molar-refractivity contribution in [3.8, 4) is 0 Å². The summed E-state index contributed by atoms with van der Waals surface area (Å²) in [5.74, 6) is 1.32. The van der Waals surface area contributed by atoms with Crippen molar-refractivity contribution >= 4 is 29.2 Å². The minimum atomic E-state index is 0.446. The first-order valence-corrected chi connectivity index (χ1v) is 9.45. The summed E-state index contributed by atoms with van der Waals surface area (Å²) in [7, 11) is 3.67. The predicted octanol–water partition coefficient (Wildman–Crippen LogP) is 2.35. The van der Waals surface area contributed by atoms with Crippen LogP contribution >= 0.6 is 23.2 Å². The van der Waals surface area contributed by atoms with Gasteiger partial charge >= 0.3 is 0 Å². The van der Waals surface area contributed by atoms with E-state index in [0.717, 1.165) is 44.5 Å². The summed E-state index contributed by atoms with van der Waals surface area (Å²) in [5, 5.41) is 7.88. The lowest BCUT2D eigenvalue weighted by atomic mass is 10.0. The maximum absolute atomic E-state index is 6.11. The Morgan fingerprint density at radius 3 is 2.48 bits per heavy atom. The zero-order valence-electron chi connectivity index (χ0n) is 15.5. The molecular weight excluding hydrogens is 361 g/mol. The fourth-order valence-corrected chi connectivity index (χ4v) is 3.47. The van der Waals surface area contributed by atoms with Crippen molar-refractivity contribution in [2.45, 2.75) is 26.4 Å². The highest BCUT2D eigenvalue weighted by atomic mass is 35.5. The van der Waals surface area contributed by atoms with Gasteiger partial charge in [0.05, 0.1) is 24.8 Å². The number of hydrogen-bond acceptors (Lipinski definition) is 3. The van der Waals surface area contributed by atoms with E-state index in [1.807, 2.05) is 17.7 Å². The number of guanidine groups is 1. The number of morpholine rings is 1. The summed E-state index contributed by atoms with van der Waals surface area (Å²) >= 11 is 12.2. The van der Waals surface area contributed by atoms with Crippen LogP contribution in [-0.2, 0) is 18.3 Å². The molecule has 0 aromatic carbocycles. The summed E-state index contributed by atoms with van der Waals surface area (Å²) in [5.41, 5.74) is 1.01. The molecule has 1 aliphatic heterocycles. The van der Waals surface area contributed by atoms with Crippen molar-refractivity contribution < 1.29 is 4.74 Å². The van der Waals surface area contributed by atoms with Gasteiger partial charge in [-0.15, -0.1) is 0 Å². The second-order valence-electron chi connectivity index (χ2n) is 6.60. The molecule has 1 fully saturated rings. The summed E-state index contributed by atoms with van der Waals surface area (Å²) in [6.45, 7) is 9.54. The Morgan fingerprint density at radius 2 is 1.96 bits per heavy atom. The van der Waals surface area contributed by atoms with E-state index in [1.54, 1.807) is 7.05 Å². The van der Waals surface area contributed by atoms with Gasteiger partial charge in [-0.1, -0.05) is 37.0 Å². The first-order chi connectivity index (χ1) is 11.9. The third kappa shape index (κ3) is 5.51. The van der Waals surface area contributed by atoms with E-state index in [9.17, 15) is 0 Å². The van der Waals surface area contributed by atoms with Crippen LogP contribution < -0.4 is 10.6 Å². The van der Waals surface area contributed by atoms with E-state index in [0.29, 0.717) is 28.7 Å². The molecule has 1 saturated heterocycles. The highest BCUT2D eigenvalue weighted by molar-refractivity contribution is 6.41. The van der Waals surface area contributed by atoms with Crippen molar-refractivity contribution in [1.82, 2.24) is 20.1 Å². The van der Waals surface area contributed by atoms with Crippen LogP contribution in [0.25, 0.3) is 0 Å². The van der Waals surface area contributed by atoms with Gasteiger partial charge in [-0.3, -0.25) is 9.89 Å². The molecule has 8 heteroatoms. The average Bonchev–Trinajstić information content (AvgIpc) is 2.85. The van der Waals surface area contributed by atoms with Crippen molar-refractivity contribution in [3.05, 3.63) is 21.9 Å². The normalized spacial score (nSPS) is 17.8. The Hall–Kier alpha value is -0.950. The molecule has 25 heavy (non-hydrogen) atoms. The molecule has 0 amide bonds. The number of hydrogen-bond donors (Lipinski definition) is 2. The van der Waals surface area contributed by atoms with Gasteiger partial charge in [0.1, 0.15) is 5.15 Å². The van der Waals surface area contributed by atoms with Gasteiger partial charge in [-0.25, -0.2) is 0 Å². The largest absolute Gasteiger partial charge is 0.379 e. The predicted molar refractivity (Wildman–Crippen MR) is 105 cm³/mol. The molecule has 2 N–H and O–H groups in total. The zero-order valence-corrected chi connectivity index (χ0v) is 17.0. The number of ether oxygens (including phenoxy) is 1. The number of nitrogens with zero attached hydrogens (tertiary/aromatic N) is 3. The molecule has 142 valence electrons. The maximum atomic E-state index is 6.11.